The highest BCUT2D eigenvalue weighted by atomic mass is 32.2. The quantitative estimate of drug-likeness (QED) is 0.683. The molecule has 1 unspecified atom stereocenters. The molecular weight excluding hydrogens is 278 g/mol. The Morgan fingerprint density at radius 1 is 1.30 bits per heavy atom. The number of carbonyl (C=O) groups is 1. The maximum absolute atomic E-state index is 11.3. The summed E-state index contributed by atoms with van der Waals surface area (Å²) in [5.41, 5.74) is 0.938. The molecule has 0 saturated heterocycles. The molecule has 1 rings (SSSR count). The molecule has 0 aliphatic rings. The first-order chi connectivity index (χ1) is 9.34. The molecule has 112 valence electrons. The average molecular weight is 299 g/mol. The third kappa shape index (κ3) is 5.28. The summed E-state index contributed by atoms with van der Waals surface area (Å²) in [7, 11) is -3.65. The highest BCUT2D eigenvalue weighted by Gasteiger charge is 2.10. The Bertz CT molecular complexity index is 540. The lowest BCUT2D eigenvalue weighted by Gasteiger charge is -2.14. The van der Waals surface area contributed by atoms with Crippen LogP contribution in [0.4, 0.5) is 0 Å². The minimum Gasteiger partial charge on any atom is -0.356 e. The van der Waals surface area contributed by atoms with E-state index in [0.717, 1.165) is 5.56 Å². The highest BCUT2D eigenvalue weighted by molar-refractivity contribution is 7.89. The number of primary sulfonamides is 1. The molecule has 0 aliphatic carbocycles. The molecule has 4 N–H and O–H groups in total. The van der Waals surface area contributed by atoms with Crippen LogP contribution in [0.3, 0.4) is 0 Å². The van der Waals surface area contributed by atoms with Gasteiger partial charge in [0.15, 0.2) is 0 Å². The van der Waals surface area contributed by atoms with Gasteiger partial charge in [0, 0.05) is 25.6 Å². The molecule has 6 nitrogen and oxygen atoms in total. The SMILES string of the molecule is CCNC(=O)CCNC(C)c1ccc(S(N)(=O)=O)cc1. The van der Waals surface area contributed by atoms with Gasteiger partial charge in [-0.2, -0.15) is 0 Å². The van der Waals surface area contributed by atoms with Gasteiger partial charge in [-0.15, -0.1) is 0 Å². The third-order valence-corrected chi connectivity index (χ3v) is 3.81. The number of sulfonamides is 1. The van der Waals surface area contributed by atoms with E-state index < -0.39 is 10.0 Å². The van der Waals surface area contributed by atoms with Crippen LogP contribution < -0.4 is 15.8 Å². The van der Waals surface area contributed by atoms with E-state index in [9.17, 15) is 13.2 Å². The van der Waals surface area contributed by atoms with E-state index in [1.54, 1.807) is 12.1 Å². The molecule has 0 fully saturated rings. The van der Waals surface area contributed by atoms with Gasteiger partial charge in [-0.1, -0.05) is 12.1 Å². The third-order valence-electron chi connectivity index (χ3n) is 2.89. The van der Waals surface area contributed by atoms with Crippen molar-refractivity contribution in [3.05, 3.63) is 29.8 Å². The summed E-state index contributed by atoms with van der Waals surface area (Å²) in [5.74, 6) is 0.0109. The summed E-state index contributed by atoms with van der Waals surface area (Å²) in [6.07, 6.45) is 0.410. The average Bonchev–Trinajstić information content (AvgIpc) is 2.38. The predicted octanol–water partition coefficient (Wildman–Crippen LogP) is 0.511. The van der Waals surface area contributed by atoms with Crippen molar-refractivity contribution in [2.45, 2.75) is 31.2 Å². The Hall–Kier alpha value is -1.44. The summed E-state index contributed by atoms with van der Waals surface area (Å²) in [6, 6.07) is 6.41. The lowest BCUT2D eigenvalue weighted by molar-refractivity contribution is -0.120. The Morgan fingerprint density at radius 3 is 2.40 bits per heavy atom. The predicted molar refractivity (Wildman–Crippen MR) is 77.5 cm³/mol. The minimum absolute atomic E-state index is 0.0109. The lowest BCUT2D eigenvalue weighted by atomic mass is 10.1. The van der Waals surface area contributed by atoms with Crippen LogP contribution in [0.1, 0.15) is 31.9 Å². The number of benzene rings is 1. The summed E-state index contributed by atoms with van der Waals surface area (Å²) in [6.45, 7) is 5.01. The maximum atomic E-state index is 11.3. The molecule has 0 aliphatic heterocycles. The van der Waals surface area contributed by atoms with Gasteiger partial charge in [0.05, 0.1) is 4.90 Å². The van der Waals surface area contributed by atoms with Gasteiger partial charge in [-0.3, -0.25) is 4.79 Å². The van der Waals surface area contributed by atoms with E-state index in [-0.39, 0.29) is 16.8 Å². The summed E-state index contributed by atoms with van der Waals surface area (Å²) < 4.78 is 22.3. The number of carbonyl (C=O) groups excluding carboxylic acids is 1. The zero-order valence-electron chi connectivity index (χ0n) is 11.7. The van der Waals surface area contributed by atoms with Crippen LogP contribution in [-0.4, -0.2) is 27.4 Å². The van der Waals surface area contributed by atoms with Crippen LogP contribution >= 0.6 is 0 Å². The first-order valence-electron chi connectivity index (χ1n) is 6.47. The second-order valence-corrected chi connectivity index (χ2v) is 6.05. The Balaban J connectivity index is 2.52. The molecule has 0 saturated carbocycles. The van der Waals surface area contributed by atoms with Crippen molar-refractivity contribution in [3.8, 4) is 0 Å². The van der Waals surface area contributed by atoms with Crippen molar-refractivity contribution in [2.75, 3.05) is 13.1 Å². The van der Waals surface area contributed by atoms with Gasteiger partial charge < -0.3 is 10.6 Å². The second-order valence-electron chi connectivity index (χ2n) is 4.49. The van der Waals surface area contributed by atoms with Gasteiger partial charge in [0.2, 0.25) is 15.9 Å². The molecule has 1 amide bonds. The van der Waals surface area contributed by atoms with Gasteiger partial charge >= 0.3 is 0 Å². The van der Waals surface area contributed by atoms with Crippen molar-refractivity contribution < 1.29 is 13.2 Å². The van der Waals surface area contributed by atoms with E-state index in [1.807, 2.05) is 13.8 Å². The highest BCUT2D eigenvalue weighted by Crippen LogP contribution is 2.15. The van der Waals surface area contributed by atoms with Crippen LogP contribution in [0.25, 0.3) is 0 Å². The van der Waals surface area contributed by atoms with Gasteiger partial charge in [-0.25, -0.2) is 13.6 Å². The molecule has 7 heteroatoms. The number of hydrogen-bond acceptors (Lipinski definition) is 4. The van der Waals surface area contributed by atoms with E-state index in [0.29, 0.717) is 19.5 Å². The Labute approximate surface area is 119 Å². The standard InChI is InChI=1S/C13H21N3O3S/c1-3-15-13(17)8-9-16-10(2)11-4-6-12(7-5-11)20(14,18)19/h4-7,10,16H,3,8-9H2,1-2H3,(H,15,17)(H2,14,18,19). The minimum atomic E-state index is -3.65. The fourth-order valence-electron chi connectivity index (χ4n) is 1.75. The van der Waals surface area contributed by atoms with Crippen molar-refractivity contribution in [2.24, 2.45) is 5.14 Å². The molecule has 20 heavy (non-hydrogen) atoms. The first kappa shape index (κ1) is 16.6. The normalized spacial score (nSPS) is 12.9. The molecule has 0 radical (unpaired) electrons. The topological polar surface area (TPSA) is 101 Å². The fourth-order valence-corrected chi connectivity index (χ4v) is 2.27. The van der Waals surface area contributed by atoms with Crippen LogP contribution in [0, 0.1) is 0 Å². The molecule has 1 aromatic carbocycles. The van der Waals surface area contributed by atoms with E-state index in [2.05, 4.69) is 10.6 Å². The second kappa shape index (κ2) is 7.37. The van der Waals surface area contributed by atoms with Gasteiger partial charge in [-0.05, 0) is 31.5 Å². The molecule has 1 atom stereocenters. The molecule has 1 aromatic rings. The first-order valence-corrected chi connectivity index (χ1v) is 8.02. The monoisotopic (exact) mass is 299 g/mol. The van der Waals surface area contributed by atoms with E-state index in [4.69, 9.17) is 5.14 Å². The smallest absolute Gasteiger partial charge is 0.238 e. The summed E-state index contributed by atoms with van der Waals surface area (Å²) in [5, 5.41) is 11.0. The van der Waals surface area contributed by atoms with Crippen molar-refractivity contribution in [1.29, 1.82) is 0 Å². The van der Waals surface area contributed by atoms with Crippen molar-refractivity contribution in [3.63, 3.8) is 0 Å². The maximum Gasteiger partial charge on any atom is 0.238 e. The van der Waals surface area contributed by atoms with Crippen molar-refractivity contribution >= 4 is 15.9 Å². The van der Waals surface area contributed by atoms with Crippen molar-refractivity contribution in [1.82, 2.24) is 10.6 Å². The van der Waals surface area contributed by atoms with Gasteiger partial charge in [0.1, 0.15) is 0 Å². The molecule has 0 spiro atoms. The Kier molecular flexibility index (Phi) is 6.12. The van der Waals surface area contributed by atoms with Crippen LogP contribution in [0.5, 0.6) is 0 Å². The van der Waals surface area contributed by atoms with E-state index >= 15 is 0 Å². The zero-order valence-corrected chi connectivity index (χ0v) is 12.5. The Morgan fingerprint density at radius 2 is 1.90 bits per heavy atom. The van der Waals surface area contributed by atoms with E-state index in [1.165, 1.54) is 12.1 Å². The number of nitrogens with one attached hydrogen (secondary N) is 2. The fraction of sp³-hybridized carbons (Fsp3) is 0.462. The largest absolute Gasteiger partial charge is 0.356 e. The van der Waals surface area contributed by atoms with Gasteiger partial charge in [0.25, 0.3) is 0 Å². The molecular formula is C13H21N3O3S. The summed E-state index contributed by atoms with van der Waals surface area (Å²) in [4.78, 5) is 11.4. The molecule has 0 heterocycles. The number of hydrogen-bond donors (Lipinski definition) is 3. The molecule has 0 aromatic heterocycles. The van der Waals surface area contributed by atoms with Crippen LogP contribution in [0.15, 0.2) is 29.2 Å². The van der Waals surface area contributed by atoms with Crippen LogP contribution in [0.2, 0.25) is 0 Å². The number of amides is 1. The molecule has 0 bridgehead atoms. The lowest BCUT2D eigenvalue weighted by Crippen LogP contribution is -2.28. The number of nitrogens with two attached hydrogens (primary N) is 1. The van der Waals surface area contributed by atoms with Crippen LogP contribution in [-0.2, 0) is 14.8 Å². The zero-order chi connectivity index (χ0) is 15.2. The number of rotatable bonds is 7. The summed E-state index contributed by atoms with van der Waals surface area (Å²) >= 11 is 0.